The average molecular weight is 322 g/mol. The number of aliphatic hydroxyl groups excluding tert-OH is 1. The molecule has 1 fully saturated rings. The molecule has 1 aromatic heterocycles. The van der Waals surface area contributed by atoms with Crippen molar-refractivity contribution in [2.24, 2.45) is 0 Å². The second-order valence-corrected chi connectivity index (χ2v) is 6.23. The van der Waals surface area contributed by atoms with Gasteiger partial charge in [-0.15, -0.1) is 0 Å². The Labute approximate surface area is 142 Å². The van der Waals surface area contributed by atoms with Gasteiger partial charge in [-0.05, 0) is 24.6 Å². The third-order valence-corrected chi connectivity index (χ3v) is 4.56. The molecular formula is C19H22N4O. The maximum Gasteiger partial charge on any atom is 0.128 e. The number of piperazine rings is 1. The highest BCUT2D eigenvalue weighted by atomic mass is 16.3. The van der Waals surface area contributed by atoms with Crippen molar-refractivity contribution in [2.75, 3.05) is 31.1 Å². The van der Waals surface area contributed by atoms with Crippen LogP contribution in [-0.4, -0.2) is 47.2 Å². The number of hydrogen-bond acceptors (Lipinski definition) is 5. The van der Waals surface area contributed by atoms with Gasteiger partial charge in [-0.3, -0.25) is 4.90 Å². The highest BCUT2D eigenvalue weighted by Crippen LogP contribution is 2.20. The van der Waals surface area contributed by atoms with E-state index in [0.717, 1.165) is 31.0 Å². The monoisotopic (exact) mass is 322 g/mol. The van der Waals surface area contributed by atoms with Gasteiger partial charge in [0.15, 0.2) is 0 Å². The molecule has 3 rings (SSSR count). The summed E-state index contributed by atoms with van der Waals surface area (Å²) in [4.78, 5) is 8.93. The van der Waals surface area contributed by atoms with Crippen LogP contribution in [0.15, 0.2) is 48.7 Å². The van der Waals surface area contributed by atoms with Crippen LogP contribution in [0.1, 0.15) is 24.2 Å². The molecule has 0 radical (unpaired) electrons. The number of benzene rings is 1. The molecule has 2 aromatic rings. The van der Waals surface area contributed by atoms with E-state index in [1.807, 2.05) is 36.4 Å². The first kappa shape index (κ1) is 16.4. The van der Waals surface area contributed by atoms with Crippen LogP contribution in [0.5, 0.6) is 0 Å². The zero-order valence-electron chi connectivity index (χ0n) is 13.8. The first-order chi connectivity index (χ1) is 11.7. The van der Waals surface area contributed by atoms with Gasteiger partial charge >= 0.3 is 0 Å². The van der Waals surface area contributed by atoms with Crippen LogP contribution < -0.4 is 4.90 Å². The van der Waals surface area contributed by atoms with Gasteiger partial charge in [0.25, 0.3) is 0 Å². The number of rotatable bonds is 4. The number of aromatic nitrogens is 1. The molecule has 1 aliphatic heterocycles. The van der Waals surface area contributed by atoms with Gasteiger partial charge in [0.1, 0.15) is 11.9 Å². The number of pyridine rings is 1. The summed E-state index contributed by atoms with van der Waals surface area (Å²) in [7, 11) is 0. The Kier molecular flexibility index (Phi) is 5.09. The molecule has 2 heterocycles. The van der Waals surface area contributed by atoms with E-state index in [-0.39, 0.29) is 0 Å². The van der Waals surface area contributed by atoms with Crippen LogP contribution in [0.25, 0.3) is 0 Å². The predicted molar refractivity (Wildman–Crippen MR) is 93.6 cm³/mol. The molecule has 1 aromatic carbocycles. The Balaban J connectivity index is 1.59. The molecule has 0 bridgehead atoms. The SMILES string of the molecule is C[C@@H]1CN(c2ccc(C#N)cn2)CCN1C[C@H](O)c1ccccc1. The molecule has 24 heavy (non-hydrogen) atoms. The zero-order chi connectivity index (χ0) is 16.9. The summed E-state index contributed by atoms with van der Waals surface area (Å²) < 4.78 is 0. The van der Waals surface area contributed by atoms with Gasteiger partial charge in [-0.2, -0.15) is 5.26 Å². The highest BCUT2D eigenvalue weighted by Gasteiger charge is 2.26. The standard InChI is InChI=1S/C19H22N4O/c1-15-13-23(19-8-7-16(11-20)12-21-19)10-9-22(15)14-18(24)17-5-3-2-4-6-17/h2-8,12,15,18,24H,9-10,13-14H2,1H3/t15-,18+/m1/s1. The summed E-state index contributed by atoms with van der Waals surface area (Å²) in [6, 6.07) is 15.9. The molecule has 5 nitrogen and oxygen atoms in total. The zero-order valence-corrected chi connectivity index (χ0v) is 13.8. The minimum atomic E-state index is -0.465. The normalized spacial score (nSPS) is 19.7. The van der Waals surface area contributed by atoms with Crippen LogP contribution in [0.3, 0.4) is 0 Å². The summed E-state index contributed by atoms with van der Waals surface area (Å²) in [5.74, 6) is 0.907. The Morgan fingerprint density at radius 1 is 1.25 bits per heavy atom. The number of aliphatic hydroxyl groups is 1. The van der Waals surface area contributed by atoms with Gasteiger partial charge in [0.2, 0.25) is 0 Å². The quantitative estimate of drug-likeness (QED) is 0.935. The molecule has 5 heteroatoms. The van der Waals surface area contributed by atoms with Crippen molar-refractivity contribution >= 4 is 5.82 Å². The van der Waals surface area contributed by atoms with Crippen molar-refractivity contribution in [3.63, 3.8) is 0 Å². The highest BCUT2D eigenvalue weighted by molar-refractivity contribution is 5.42. The number of β-amino-alcohol motifs (C(OH)–C–C–N with tert-alkyl or cyclic N) is 1. The lowest BCUT2D eigenvalue weighted by atomic mass is 10.1. The van der Waals surface area contributed by atoms with E-state index in [2.05, 4.69) is 27.8 Å². The molecular weight excluding hydrogens is 300 g/mol. The Morgan fingerprint density at radius 3 is 2.67 bits per heavy atom. The van der Waals surface area contributed by atoms with Crippen LogP contribution in [0.2, 0.25) is 0 Å². The lowest BCUT2D eigenvalue weighted by Gasteiger charge is -2.41. The summed E-state index contributed by atoms with van der Waals surface area (Å²) in [6.07, 6.45) is 1.15. The molecule has 0 unspecified atom stereocenters. The molecule has 0 amide bonds. The Hall–Kier alpha value is -2.42. The van der Waals surface area contributed by atoms with Crippen molar-refractivity contribution in [1.82, 2.24) is 9.88 Å². The van der Waals surface area contributed by atoms with Crippen molar-refractivity contribution in [3.05, 3.63) is 59.8 Å². The maximum atomic E-state index is 10.4. The molecule has 0 aliphatic carbocycles. The Bertz CT molecular complexity index is 696. The van der Waals surface area contributed by atoms with Crippen molar-refractivity contribution in [1.29, 1.82) is 5.26 Å². The third kappa shape index (κ3) is 3.73. The fraction of sp³-hybridized carbons (Fsp3) is 0.368. The second kappa shape index (κ2) is 7.43. The van der Waals surface area contributed by atoms with E-state index in [1.54, 1.807) is 12.3 Å². The smallest absolute Gasteiger partial charge is 0.128 e. The van der Waals surface area contributed by atoms with E-state index >= 15 is 0 Å². The summed E-state index contributed by atoms with van der Waals surface area (Å²) in [5, 5.41) is 19.3. The first-order valence-electron chi connectivity index (χ1n) is 8.25. The summed E-state index contributed by atoms with van der Waals surface area (Å²) in [6.45, 7) is 5.42. The third-order valence-electron chi connectivity index (χ3n) is 4.56. The molecule has 1 N–H and O–H groups in total. The molecule has 124 valence electrons. The largest absolute Gasteiger partial charge is 0.387 e. The maximum absolute atomic E-state index is 10.4. The minimum absolute atomic E-state index is 0.328. The van der Waals surface area contributed by atoms with E-state index in [4.69, 9.17) is 5.26 Å². The van der Waals surface area contributed by atoms with Crippen LogP contribution in [0, 0.1) is 11.3 Å². The van der Waals surface area contributed by atoms with Crippen molar-refractivity contribution in [2.45, 2.75) is 19.1 Å². The van der Waals surface area contributed by atoms with Gasteiger partial charge < -0.3 is 10.0 Å². The number of nitrogens with zero attached hydrogens (tertiary/aromatic N) is 4. The lowest BCUT2D eigenvalue weighted by molar-refractivity contribution is 0.0848. The van der Waals surface area contributed by atoms with Gasteiger partial charge in [0, 0.05) is 38.4 Å². The number of hydrogen-bond donors (Lipinski definition) is 1. The molecule has 0 saturated carbocycles. The van der Waals surface area contributed by atoms with Gasteiger partial charge in [-0.25, -0.2) is 4.98 Å². The van der Waals surface area contributed by atoms with Crippen LogP contribution >= 0.6 is 0 Å². The summed E-state index contributed by atoms with van der Waals surface area (Å²) >= 11 is 0. The van der Waals surface area contributed by atoms with Gasteiger partial charge in [0.05, 0.1) is 11.7 Å². The van der Waals surface area contributed by atoms with Crippen LogP contribution in [-0.2, 0) is 0 Å². The molecule has 0 spiro atoms. The predicted octanol–water partition coefficient (Wildman–Crippen LogP) is 2.20. The summed E-state index contributed by atoms with van der Waals surface area (Å²) in [5.41, 5.74) is 1.54. The van der Waals surface area contributed by atoms with Crippen LogP contribution in [0.4, 0.5) is 5.82 Å². The lowest BCUT2D eigenvalue weighted by Crippen LogP contribution is -2.53. The van der Waals surface area contributed by atoms with E-state index in [1.165, 1.54) is 0 Å². The van der Waals surface area contributed by atoms with Crippen molar-refractivity contribution in [3.8, 4) is 6.07 Å². The average Bonchev–Trinajstić information content (AvgIpc) is 2.64. The van der Waals surface area contributed by atoms with Gasteiger partial charge in [-0.1, -0.05) is 30.3 Å². The molecule has 1 saturated heterocycles. The number of anilines is 1. The Morgan fingerprint density at radius 2 is 2.04 bits per heavy atom. The van der Waals surface area contributed by atoms with E-state index < -0.39 is 6.10 Å². The topological polar surface area (TPSA) is 63.4 Å². The van der Waals surface area contributed by atoms with E-state index in [0.29, 0.717) is 18.2 Å². The molecule has 2 atom stereocenters. The van der Waals surface area contributed by atoms with E-state index in [9.17, 15) is 5.11 Å². The second-order valence-electron chi connectivity index (χ2n) is 6.23. The first-order valence-corrected chi connectivity index (χ1v) is 8.25. The van der Waals surface area contributed by atoms with Crippen molar-refractivity contribution < 1.29 is 5.11 Å². The number of nitriles is 1. The molecule has 1 aliphatic rings. The minimum Gasteiger partial charge on any atom is -0.387 e. The fourth-order valence-corrected chi connectivity index (χ4v) is 3.12. The fourth-order valence-electron chi connectivity index (χ4n) is 3.12.